The number of benzene rings is 1. The van der Waals surface area contributed by atoms with Crippen molar-refractivity contribution in [1.29, 1.82) is 0 Å². The minimum absolute atomic E-state index is 0.354. The van der Waals surface area contributed by atoms with Crippen molar-refractivity contribution in [3.05, 3.63) is 50.7 Å². The molecule has 0 aliphatic carbocycles. The van der Waals surface area contributed by atoms with Crippen LogP contribution in [0.5, 0.6) is 5.75 Å². The molecule has 1 heterocycles. The van der Waals surface area contributed by atoms with Crippen molar-refractivity contribution in [3.63, 3.8) is 0 Å². The zero-order chi connectivity index (χ0) is 16.1. The first-order valence-electron chi connectivity index (χ1n) is 6.82. The first kappa shape index (κ1) is 16.5. The van der Waals surface area contributed by atoms with Gasteiger partial charge in [-0.2, -0.15) is 5.10 Å². The fraction of sp³-hybridized carbons (Fsp3) is 0.250. The van der Waals surface area contributed by atoms with E-state index in [1.54, 1.807) is 29.5 Å². The number of hydrogen-bond acceptors (Lipinski definition) is 4. The third-order valence-electron chi connectivity index (χ3n) is 3.10. The quantitative estimate of drug-likeness (QED) is 0.659. The molecule has 4 nitrogen and oxygen atoms in total. The van der Waals surface area contributed by atoms with Crippen LogP contribution in [0.25, 0.3) is 0 Å². The molecular formula is C16H17ClN2O2S. The molecule has 0 aliphatic heterocycles. The number of rotatable bonds is 5. The third-order valence-corrected chi connectivity index (χ3v) is 4.67. The lowest BCUT2D eigenvalue weighted by Gasteiger charge is -2.07. The predicted molar refractivity (Wildman–Crippen MR) is 91.4 cm³/mol. The molecule has 0 fully saturated rings. The molecule has 22 heavy (non-hydrogen) atoms. The smallest absolute Gasteiger partial charge is 0.275 e. The van der Waals surface area contributed by atoms with Crippen LogP contribution in [0.4, 0.5) is 0 Å². The predicted octanol–water partition coefficient (Wildman–Crippen LogP) is 4.13. The summed E-state index contributed by atoms with van der Waals surface area (Å²) < 4.78 is 5.16. The molecule has 0 spiro atoms. The number of amides is 1. The van der Waals surface area contributed by atoms with E-state index in [-0.39, 0.29) is 5.91 Å². The number of nitrogens with one attached hydrogen (secondary N) is 1. The molecule has 0 atom stereocenters. The van der Waals surface area contributed by atoms with Gasteiger partial charge in [0.15, 0.2) is 0 Å². The molecule has 2 rings (SSSR count). The summed E-state index contributed by atoms with van der Waals surface area (Å²) in [6, 6.07) is 8.96. The highest BCUT2D eigenvalue weighted by atomic mass is 35.5. The first-order chi connectivity index (χ1) is 10.5. The highest BCUT2D eigenvalue weighted by molar-refractivity contribution is 7.14. The van der Waals surface area contributed by atoms with Gasteiger partial charge in [0.2, 0.25) is 0 Å². The van der Waals surface area contributed by atoms with Gasteiger partial charge in [-0.1, -0.05) is 18.5 Å². The van der Waals surface area contributed by atoms with Gasteiger partial charge in [-0.05, 0) is 43.7 Å². The molecule has 0 unspecified atom stereocenters. The van der Waals surface area contributed by atoms with E-state index in [0.717, 1.165) is 17.0 Å². The maximum Gasteiger partial charge on any atom is 0.275 e. The van der Waals surface area contributed by atoms with Gasteiger partial charge in [-0.15, -0.1) is 11.3 Å². The summed E-state index contributed by atoms with van der Waals surface area (Å²) in [5.41, 5.74) is 3.66. The van der Waals surface area contributed by atoms with E-state index in [2.05, 4.69) is 23.5 Å². The van der Waals surface area contributed by atoms with Crippen LogP contribution >= 0.6 is 22.9 Å². The van der Waals surface area contributed by atoms with Gasteiger partial charge in [0.1, 0.15) is 5.75 Å². The Labute approximate surface area is 138 Å². The van der Waals surface area contributed by atoms with Crippen molar-refractivity contribution in [3.8, 4) is 5.75 Å². The fourth-order valence-corrected chi connectivity index (χ4v) is 2.93. The summed E-state index contributed by atoms with van der Waals surface area (Å²) in [5.74, 6) is 0.102. The molecule has 0 aliphatic rings. The Morgan fingerprint density at radius 2 is 2.14 bits per heavy atom. The minimum atomic E-state index is -0.356. The van der Waals surface area contributed by atoms with Crippen molar-refractivity contribution in [2.24, 2.45) is 5.10 Å². The van der Waals surface area contributed by atoms with E-state index in [4.69, 9.17) is 16.3 Å². The van der Waals surface area contributed by atoms with Crippen LogP contribution in [0.2, 0.25) is 5.02 Å². The Hall–Kier alpha value is -1.85. The van der Waals surface area contributed by atoms with Gasteiger partial charge in [-0.25, -0.2) is 5.43 Å². The molecule has 1 aromatic carbocycles. The Kier molecular flexibility index (Phi) is 5.57. The number of carbonyl (C=O) groups excluding carboxylic acids is 1. The molecule has 0 radical (unpaired) electrons. The molecule has 0 bridgehead atoms. The second-order valence-corrected chi connectivity index (χ2v) is 6.21. The Balaban J connectivity index is 2.15. The van der Waals surface area contributed by atoms with Gasteiger partial charge < -0.3 is 4.74 Å². The number of aryl methyl sites for hydroxylation is 1. The van der Waals surface area contributed by atoms with Gasteiger partial charge in [0.25, 0.3) is 5.91 Å². The molecule has 1 aromatic heterocycles. The topological polar surface area (TPSA) is 50.7 Å². The van der Waals surface area contributed by atoms with Crippen LogP contribution in [-0.2, 0) is 6.42 Å². The third kappa shape index (κ3) is 3.87. The van der Waals surface area contributed by atoms with Crippen LogP contribution in [0.3, 0.4) is 0 Å². The molecule has 1 N–H and O–H groups in total. The maximum atomic E-state index is 12.2. The van der Waals surface area contributed by atoms with Crippen LogP contribution < -0.4 is 10.2 Å². The van der Waals surface area contributed by atoms with Gasteiger partial charge >= 0.3 is 0 Å². The lowest BCUT2D eigenvalue weighted by molar-refractivity contribution is 0.0952. The number of thiophene rings is 1. The lowest BCUT2D eigenvalue weighted by Crippen LogP contribution is -2.19. The summed E-state index contributed by atoms with van der Waals surface area (Å²) in [7, 11) is 1.51. The summed E-state index contributed by atoms with van der Waals surface area (Å²) in [6.45, 7) is 3.97. The monoisotopic (exact) mass is 336 g/mol. The highest BCUT2D eigenvalue weighted by Gasteiger charge is 2.12. The average molecular weight is 337 g/mol. The number of hydrogen-bond donors (Lipinski definition) is 1. The molecule has 0 saturated carbocycles. The zero-order valence-corrected chi connectivity index (χ0v) is 14.2. The van der Waals surface area contributed by atoms with Crippen molar-refractivity contribution in [2.75, 3.05) is 7.11 Å². The number of methoxy groups -OCH3 is 1. The van der Waals surface area contributed by atoms with Gasteiger partial charge in [0, 0.05) is 9.90 Å². The average Bonchev–Trinajstić information content (AvgIpc) is 3.01. The van der Waals surface area contributed by atoms with E-state index in [1.807, 2.05) is 13.0 Å². The first-order valence-corrected chi connectivity index (χ1v) is 8.01. The SMILES string of the molecule is CCc1ccc(/C(C)=N/NC(=O)c2cc(Cl)ccc2OC)s1. The standard InChI is InChI=1S/C16H17ClN2O2S/c1-4-12-6-8-15(22-12)10(2)18-19-16(20)13-9-11(17)5-7-14(13)21-3/h5-9H,4H2,1-3H3,(H,19,20)/b18-10+. The Bertz CT molecular complexity index is 710. The highest BCUT2D eigenvalue weighted by Crippen LogP contribution is 2.22. The van der Waals surface area contributed by atoms with E-state index < -0.39 is 0 Å². The van der Waals surface area contributed by atoms with E-state index in [0.29, 0.717) is 16.3 Å². The number of carbonyl (C=O) groups is 1. The largest absolute Gasteiger partial charge is 0.496 e. The molecule has 116 valence electrons. The second-order valence-electron chi connectivity index (χ2n) is 4.60. The normalized spacial score (nSPS) is 11.4. The van der Waals surface area contributed by atoms with Crippen LogP contribution in [-0.4, -0.2) is 18.7 Å². The second kappa shape index (κ2) is 7.42. The summed E-state index contributed by atoms with van der Waals surface area (Å²) in [5, 5.41) is 4.62. The molecule has 6 heteroatoms. The number of nitrogens with zero attached hydrogens (tertiary/aromatic N) is 1. The van der Waals surface area contributed by atoms with Gasteiger partial charge in [0.05, 0.1) is 23.3 Å². The molecule has 2 aromatic rings. The fourth-order valence-electron chi connectivity index (χ4n) is 1.87. The number of ether oxygens (including phenoxy) is 1. The van der Waals surface area contributed by atoms with Crippen LogP contribution in [0, 0.1) is 0 Å². The summed E-state index contributed by atoms with van der Waals surface area (Å²) in [4.78, 5) is 14.5. The van der Waals surface area contributed by atoms with Crippen LogP contribution in [0.1, 0.15) is 34.0 Å². The Morgan fingerprint density at radius 1 is 1.36 bits per heavy atom. The van der Waals surface area contributed by atoms with Crippen molar-refractivity contribution >= 4 is 34.6 Å². The van der Waals surface area contributed by atoms with Crippen molar-refractivity contribution < 1.29 is 9.53 Å². The van der Waals surface area contributed by atoms with Crippen molar-refractivity contribution in [1.82, 2.24) is 5.43 Å². The van der Waals surface area contributed by atoms with Crippen LogP contribution in [0.15, 0.2) is 35.4 Å². The molecule has 0 saturated heterocycles. The zero-order valence-electron chi connectivity index (χ0n) is 12.6. The van der Waals surface area contributed by atoms with Gasteiger partial charge in [-0.3, -0.25) is 4.79 Å². The number of halogens is 1. The number of hydrazone groups is 1. The maximum absolute atomic E-state index is 12.2. The molecule has 1 amide bonds. The lowest BCUT2D eigenvalue weighted by atomic mass is 10.2. The van der Waals surface area contributed by atoms with E-state index in [1.165, 1.54) is 12.0 Å². The summed E-state index contributed by atoms with van der Waals surface area (Å²) >= 11 is 7.60. The summed E-state index contributed by atoms with van der Waals surface area (Å²) in [6.07, 6.45) is 0.990. The van der Waals surface area contributed by atoms with Crippen molar-refractivity contribution in [2.45, 2.75) is 20.3 Å². The minimum Gasteiger partial charge on any atom is -0.496 e. The molecular weight excluding hydrogens is 320 g/mol. The Morgan fingerprint density at radius 3 is 2.77 bits per heavy atom. The van der Waals surface area contributed by atoms with E-state index in [9.17, 15) is 4.79 Å². The van der Waals surface area contributed by atoms with E-state index >= 15 is 0 Å².